The van der Waals surface area contributed by atoms with Gasteiger partial charge in [0.25, 0.3) is 5.91 Å². The number of phenols is 1. The molecule has 0 atom stereocenters. The number of hydrogen-bond acceptors (Lipinski definition) is 6. The van der Waals surface area contributed by atoms with Crippen LogP contribution >= 0.6 is 0 Å². The van der Waals surface area contributed by atoms with Gasteiger partial charge in [-0.25, -0.2) is 9.97 Å². The highest BCUT2D eigenvalue weighted by molar-refractivity contribution is 5.93. The average Bonchev–Trinajstić information content (AvgIpc) is 3.33. The number of rotatable bonds is 3. The van der Waals surface area contributed by atoms with Crippen LogP contribution in [0.5, 0.6) is 5.75 Å². The van der Waals surface area contributed by atoms with Crippen molar-refractivity contribution in [1.29, 1.82) is 0 Å². The standard InChI is InChI=1S/C24H22N4O3/c1-16-8-9-17-19(15-16)25-22(18-5-2-3-6-20(18)29)26-23(17)27-10-12-28(13-11-27)24(30)21-7-4-14-31-21/h2-9,14-15,29H,10-13H2,1H3. The number of fused-ring (bicyclic) bond motifs is 1. The Morgan fingerprint density at radius 3 is 2.55 bits per heavy atom. The van der Waals surface area contributed by atoms with Crippen LogP contribution in [0.15, 0.2) is 65.3 Å². The van der Waals surface area contributed by atoms with E-state index in [1.807, 2.05) is 37.3 Å². The second-order valence-corrected chi connectivity index (χ2v) is 7.67. The molecular formula is C24H22N4O3. The zero-order chi connectivity index (χ0) is 21.4. The summed E-state index contributed by atoms with van der Waals surface area (Å²) in [6.45, 7) is 4.46. The monoisotopic (exact) mass is 414 g/mol. The number of aryl methyl sites for hydroxylation is 1. The summed E-state index contributed by atoms with van der Waals surface area (Å²) in [6.07, 6.45) is 1.51. The maximum Gasteiger partial charge on any atom is 0.289 e. The van der Waals surface area contributed by atoms with Crippen molar-refractivity contribution in [1.82, 2.24) is 14.9 Å². The lowest BCUT2D eigenvalue weighted by atomic mass is 10.1. The van der Waals surface area contributed by atoms with Crippen LogP contribution < -0.4 is 4.90 Å². The molecule has 1 aliphatic heterocycles. The van der Waals surface area contributed by atoms with Crippen LogP contribution in [-0.2, 0) is 0 Å². The van der Waals surface area contributed by atoms with E-state index < -0.39 is 0 Å². The second kappa shape index (κ2) is 7.75. The van der Waals surface area contributed by atoms with Crippen LogP contribution in [0.2, 0.25) is 0 Å². The predicted molar refractivity (Wildman–Crippen MR) is 118 cm³/mol. The summed E-state index contributed by atoms with van der Waals surface area (Å²) in [5, 5.41) is 11.3. The molecule has 156 valence electrons. The van der Waals surface area contributed by atoms with Gasteiger partial charge in [-0.05, 0) is 48.9 Å². The Morgan fingerprint density at radius 1 is 1.00 bits per heavy atom. The van der Waals surface area contributed by atoms with Gasteiger partial charge < -0.3 is 19.3 Å². The SMILES string of the molecule is Cc1ccc2c(N3CCN(C(=O)c4ccco4)CC3)nc(-c3ccccc3O)nc2c1. The third kappa shape index (κ3) is 3.59. The van der Waals surface area contributed by atoms with Crippen LogP contribution in [0.1, 0.15) is 16.1 Å². The number of carbonyl (C=O) groups is 1. The van der Waals surface area contributed by atoms with Crippen molar-refractivity contribution in [3.63, 3.8) is 0 Å². The Bertz CT molecular complexity index is 1250. The van der Waals surface area contributed by atoms with Gasteiger partial charge in [0.2, 0.25) is 0 Å². The van der Waals surface area contributed by atoms with Crippen LogP contribution in [0, 0.1) is 6.92 Å². The van der Waals surface area contributed by atoms with Crippen molar-refractivity contribution in [2.24, 2.45) is 0 Å². The number of piperazine rings is 1. The molecular weight excluding hydrogens is 392 g/mol. The summed E-state index contributed by atoms with van der Waals surface area (Å²) < 4.78 is 5.26. The van der Waals surface area contributed by atoms with Gasteiger partial charge in [0, 0.05) is 31.6 Å². The molecule has 0 saturated carbocycles. The summed E-state index contributed by atoms with van der Waals surface area (Å²) in [5.74, 6) is 1.71. The molecule has 7 heteroatoms. The van der Waals surface area contributed by atoms with Gasteiger partial charge >= 0.3 is 0 Å². The van der Waals surface area contributed by atoms with Gasteiger partial charge in [-0.3, -0.25) is 4.79 Å². The first-order valence-electron chi connectivity index (χ1n) is 10.2. The highest BCUT2D eigenvalue weighted by Crippen LogP contribution is 2.32. The number of furan rings is 1. The van der Waals surface area contributed by atoms with Crippen LogP contribution in [0.3, 0.4) is 0 Å². The summed E-state index contributed by atoms with van der Waals surface area (Å²) in [4.78, 5) is 26.1. The molecule has 5 rings (SSSR count). The maximum atomic E-state index is 12.6. The number of para-hydroxylation sites is 1. The first-order valence-corrected chi connectivity index (χ1v) is 10.2. The van der Waals surface area contributed by atoms with Gasteiger partial charge in [-0.2, -0.15) is 0 Å². The molecule has 1 amide bonds. The molecule has 0 spiro atoms. The fourth-order valence-electron chi connectivity index (χ4n) is 3.92. The molecule has 0 unspecified atom stereocenters. The fourth-order valence-corrected chi connectivity index (χ4v) is 3.92. The molecule has 1 saturated heterocycles. The van der Waals surface area contributed by atoms with Crippen LogP contribution in [0.25, 0.3) is 22.3 Å². The van der Waals surface area contributed by atoms with Crippen molar-refractivity contribution in [2.45, 2.75) is 6.92 Å². The van der Waals surface area contributed by atoms with E-state index in [9.17, 15) is 9.90 Å². The predicted octanol–water partition coefficient (Wildman–Crippen LogP) is 3.87. The Hall–Kier alpha value is -3.87. The maximum absolute atomic E-state index is 12.6. The smallest absolute Gasteiger partial charge is 0.289 e. The van der Waals surface area contributed by atoms with E-state index in [2.05, 4.69) is 4.90 Å². The van der Waals surface area contributed by atoms with E-state index in [1.54, 1.807) is 29.2 Å². The van der Waals surface area contributed by atoms with E-state index in [0.717, 1.165) is 22.3 Å². The lowest BCUT2D eigenvalue weighted by Gasteiger charge is -2.35. The molecule has 2 aromatic carbocycles. The largest absolute Gasteiger partial charge is 0.507 e. The molecule has 31 heavy (non-hydrogen) atoms. The van der Waals surface area contributed by atoms with Crippen LogP contribution in [-0.4, -0.2) is 52.1 Å². The van der Waals surface area contributed by atoms with E-state index in [-0.39, 0.29) is 11.7 Å². The van der Waals surface area contributed by atoms with Gasteiger partial charge in [-0.15, -0.1) is 0 Å². The molecule has 1 fully saturated rings. The Labute approximate surface area is 179 Å². The van der Waals surface area contributed by atoms with Crippen molar-refractivity contribution in [3.05, 3.63) is 72.2 Å². The molecule has 3 heterocycles. The lowest BCUT2D eigenvalue weighted by molar-refractivity contribution is 0.0714. The quantitative estimate of drug-likeness (QED) is 0.548. The number of amides is 1. The first kappa shape index (κ1) is 19.1. The molecule has 7 nitrogen and oxygen atoms in total. The zero-order valence-corrected chi connectivity index (χ0v) is 17.2. The van der Waals surface area contributed by atoms with Crippen molar-refractivity contribution in [2.75, 3.05) is 31.1 Å². The van der Waals surface area contributed by atoms with E-state index in [4.69, 9.17) is 14.4 Å². The molecule has 2 aromatic heterocycles. The van der Waals surface area contributed by atoms with Gasteiger partial charge in [-0.1, -0.05) is 18.2 Å². The number of nitrogens with zero attached hydrogens (tertiary/aromatic N) is 4. The summed E-state index contributed by atoms with van der Waals surface area (Å²) in [6, 6.07) is 16.6. The second-order valence-electron chi connectivity index (χ2n) is 7.67. The number of anilines is 1. The lowest BCUT2D eigenvalue weighted by Crippen LogP contribution is -2.49. The molecule has 0 bridgehead atoms. The van der Waals surface area contributed by atoms with Gasteiger partial charge in [0.05, 0.1) is 17.3 Å². The van der Waals surface area contributed by atoms with Crippen molar-refractivity contribution >= 4 is 22.6 Å². The fraction of sp³-hybridized carbons (Fsp3) is 0.208. The topological polar surface area (TPSA) is 82.7 Å². The number of carbonyl (C=O) groups excluding carboxylic acids is 1. The third-order valence-electron chi connectivity index (χ3n) is 5.58. The Kier molecular flexibility index (Phi) is 4.78. The van der Waals surface area contributed by atoms with Gasteiger partial charge in [0.1, 0.15) is 11.6 Å². The molecule has 0 aliphatic carbocycles. The molecule has 1 aliphatic rings. The summed E-state index contributed by atoms with van der Waals surface area (Å²) >= 11 is 0. The minimum atomic E-state index is -0.0947. The minimum Gasteiger partial charge on any atom is -0.507 e. The van der Waals surface area contributed by atoms with Crippen molar-refractivity contribution in [3.8, 4) is 17.1 Å². The molecule has 4 aromatic rings. The van der Waals surface area contributed by atoms with E-state index in [0.29, 0.717) is 43.3 Å². The number of benzene rings is 2. The molecule has 1 N–H and O–H groups in total. The molecule has 0 radical (unpaired) electrons. The number of aromatic hydroxyl groups is 1. The highest BCUT2D eigenvalue weighted by atomic mass is 16.3. The summed E-state index contributed by atoms with van der Waals surface area (Å²) in [7, 11) is 0. The average molecular weight is 414 g/mol. The normalized spacial score (nSPS) is 14.2. The summed E-state index contributed by atoms with van der Waals surface area (Å²) in [5.41, 5.74) is 2.53. The number of aromatic nitrogens is 2. The van der Waals surface area contributed by atoms with E-state index >= 15 is 0 Å². The third-order valence-corrected chi connectivity index (χ3v) is 5.58. The Balaban J connectivity index is 1.49. The van der Waals surface area contributed by atoms with Crippen LogP contribution in [0.4, 0.5) is 5.82 Å². The number of hydrogen-bond donors (Lipinski definition) is 1. The number of phenolic OH excluding ortho intramolecular Hbond substituents is 1. The van der Waals surface area contributed by atoms with E-state index in [1.165, 1.54) is 6.26 Å². The highest BCUT2D eigenvalue weighted by Gasteiger charge is 2.26. The zero-order valence-electron chi connectivity index (χ0n) is 17.2. The minimum absolute atomic E-state index is 0.0947. The first-order chi connectivity index (χ1) is 15.1. The van der Waals surface area contributed by atoms with Crippen molar-refractivity contribution < 1.29 is 14.3 Å². The van der Waals surface area contributed by atoms with Gasteiger partial charge in [0.15, 0.2) is 11.6 Å². The Morgan fingerprint density at radius 2 is 1.81 bits per heavy atom.